The summed E-state index contributed by atoms with van der Waals surface area (Å²) in [5.74, 6) is 0.400. The molecule has 172 valence electrons. The van der Waals surface area contributed by atoms with Crippen molar-refractivity contribution in [3.8, 4) is 11.5 Å². The van der Waals surface area contributed by atoms with Gasteiger partial charge in [-0.1, -0.05) is 41.9 Å². The molecule has 0 saturated carbocycles. The van der Waals surface area contributed by atoms with Crippen molar-refractivity contribution in [1.82, 2.24) is 5.43 Å². The summed E-state index contributed by atoms with van der Waals surface area (Å²) in [6.07, 6.45) is 3.98. The molecular weight excluding hydrogens is 477 g/mol. The molecule has 1 amide bonds. The summed E-state index contributed by atoms with van der Waals surface area (Å²) in [6.45, 7) is 5.69. The van der Waals surface area contributed by atoms with Gasteiger partial charge < -0.3 is 9.47 Å². The zero-order valence-corrected chi connectivity index (χ0v) is 19.9. The Kier molecular flexibility index (Phi) is 9.37. The lowest BCUT2D eigenvalue weighted by Crippen LogP contribution is -2.39. The van der Waals surface area contributed by atoms with Crippen LogP contribution in [0.4, 0.5) is 5.69 Å². The van der Waals surface area contributed by atoms with Gasteiger partial charge >= 0.3 is 0 Å². The summed E-state index contributed by atoms with van der Waals surface area (Å²) < 4.78 is 36.4. The maximum Gasteiger partial charge on any atom is 0.260 e. The molecule has 1 N–H and O–H groups in total. The lowest BCUT2D eigenvalue weighted by atomic mass is 10.2. The van der Waals surface area contributed by atoms with E-state index in [1.807, 2.05) is 6.92 Å². The van der Waals surface area contributed by atoms with E-state index < -0.39 is 22.5 Å². The Hall–Kier alpha value is -2.75. The number of hydrazone groups is 1. The summed E-state index contributed by atoms with van der Waals surface area (Å²) in [7, 11) is -3.81. The van der Waals surface area contributed by atoms with Gasteiger partial charge in [0.15, 0.2) is 11.5 Å². The fourth-order valence-corrected chi connectivity index (χ4v) is 3.86. The van der Waals surface area contributed by atoms with Gasteiger partial charge in [0.25, 0.3) is 5.91 Å². The third kappa shape index (κ3) is 7.15. The van der Waals surface area contributed by atoms with E-state index in [0.29, 0.717) is 30.3 Å². The number of nitrogens with zero attached hydrogens (tertiary/aromatic N) is 2. The van der Waals surface area contributed by atoms with Crippen molar-refractivity contribution in [2.75, 3.05) is 30.3 Å². The Morgan fingerprint density at radius 3 is 2.62 bits per heavy atom. The number of ether oxygens (including phenoxy) is 2. The minimum Gasteiger partial charge on any atom is -0.490 e. The normalized spacial score (nSPS) is 11.2. The highest BCUT2D eigenvalue weighted by Crippen LogP contribution is 2.33. The van der Waals surface area contributed by atoms with Crippen LogP contribution in [0.2, 0.25) is 10.0 Å². The SMILES string of the molecule is C=CCOc1ccc(/C=N\NC(=O)CN(c2cccc(Cl)c2Cl)S(C)(=O)=O)cc1OCC. The number of anilines is 1. The molecule has 32 heavy (non-hydrogen) atoms. The number of nitrogens with one attached hydrogen (secondary N) is 1. The molecule has 0 fully saturated rings. The van der Waals surface area contributed by atoms with Crippen molar-refractivity contribution < 1.29 is 22.7 Å². The monoisotopic (exact) mass is 499 g/mol. The van der Waals surface area contributed by atoms with E-state index in [9.17, 15) is 13.2 Å². The van der Waals surface area contributed by atoms with Crippen LogP contribution in [0.3, 0.4) is 0 Å². The summed E-state index contributed by atoms with van der Waals surface area (Å²) in [5, 5.41) is 4.08. The van der Waals surface area contributed by atoms with E-state index in [-0.39, 0.29) is 15.7 Å². The molecule has 2 rings (SSSR count). The molecule has 0 atom stereocenters. The number of sulfonamides is 1. The first-order valence-corrected chi connectivity index (χ1v) is 12.0. The van der Waals surface area contributed by atoms with E-state index in [4.69, 9.17) is 32.7 Å². The Balaban J connectivity index is 2.12. The second-order valence-electron chi connectivity index (χ2n) is 6.37. The van der Waals surface area contributed by atoms with Crippen molar-refractivity contribution >= 4 is 51.0 Å². The molecule has 0 aromatic heterocycles. The molecule has 0 radical (unpaired) electrons. The van der Waals surface area contributed by atoms with Gasteiger partial charge in [-0.2, -0.15) is 5.10 Å². The zero-order valence-electron chi connectivity index (χ0n) is 17.5. The molecule has 11 heteroatoms. The molecule has 2 aromatic carbocycles. The number of benzene rings is 2. The summed E-state index contributed by atoms with van der Waals surface area (Å²) >= 11 is 12.1. The second kappa shape index (κ2) is 11.8. The minimum atomic E-state index is -3.81. The molecule has 0 heterocycles. The van der Waals surface area contributed by atoms with Gasteiger partial charge in [0.05, 0.1) is 34.8 Å². The Morgan fingerprint density at radius 2 is 1.97 bits per heavy atom. The fourth-order valence-electron chi connectivity index (χ4n) is 2.55. The van der Waals surface area contributed by atoms with Crippen LogP contribution in [0.1, 0.15) is 12.5 Å². The lowest BCUT2D eigenvalue weighted by Gasteiger charge is -2.22. The molecule has 0 saturated heterocycles. The van der Waals surface area contributed by atoms with E-state index in [1.165, 1.54) is 24.4 Å². The van der Waals surface area contributed by atoms with Crippen LogP contribution in [0.15, 0.2) is 54.2 Å². The van der Waals surface area contributed by atoms with E-state index in [2.05, 4.69) is 17.1 Å². The van der Waals surface area contributed by atoms with E-state index in [0.717, 1.165) is 10.6 Å². The largest absolute Gasteiger partial charge is 0.490 e. The maximum atomic E-state index is 12.3. The maximum absolute atomic E-state index is 12.3. The Morgan fingerprint density at radius 1 is 1.22 bits per heavy atom. The van der Waals surface area contributed by atoms with Gasteiger partial charge in [0, 0.05) is 0 Å². The summed E-state index contributed by atoms with van der Waals surface area (Å²) in [6, 6.07) is 9.65. The average Bonchev–Trinajstić information content (AvgIpc) is 2.73. The predicted molar refractivity (Wildman–Crippen MR) is 128 cm³/mol. The molecule has 0 spiro atoms. The third-order valence-corrected chi connectivity index (χ3v) is 5.85. The number of carbonyl (C=O) groups excluding carboxylic acids is 1. The van der Waals surface area contributed by atoms with Crippen molar-refractivity contribution in [3.63, 3.8) is 0 Å². The van der Waals surface area contributed by atoms with E-state index >= 15 is 0 Å². The quantitative estimate of drug-likeness (QED) is 0.287. The number of rotatable bonds is 11. The first-order valence-electron chi connectivity index (χ1n) is 9.41. The molecule has 2 aromatic rings. The smallest absolute Gasteiger partial charge is 0.260 e. The first kappa shape index (κ1) is 25.5. The van der Waals surface area contributed by atoms with Crippen molar-refractivity contribution in [2.45, 2.75) is 6.92 Å². The standard InChI is InChI=1S/C21H23Cl2N3O5S/c1-4-11-31-18-10-9-15(12-19(18)30-5-2)13-24-25-20(27)14-26(32(3,28)29)17-8-6-7-16(22)21(17)23/h4,6-10,12-13H,1,5,11,14H2,2-3H3,(H,25,27)/b24-13-. The number of carbonyl (C=O) groups is 1. The molecular formula is C21H23Cl2N3O5S. The highest BCUT2D eigenvalue weighted by atomic mass is 35.5. The minimum absolute atomic E-state index is 0.0260. The van der Waals surface area contributed by atoms with Gasteiger partial charge in [-0.05, 0) is 42.8 Å². The topological polar surface area (TPSA) is 97.3 Å². The van der Waals surface area contributed by atoms with Gasteiger partial charge in [0.2, 0.25) is 10.0 Å². The summed E-state index contributed by atoms with van der Waals surface area (Å²) in [4.78, 5) is 12.3. The molecule has 0 aliphatic rings. The van der Waals surface area contributed by atoms with Crippen LogP contribution >= 0.6 is 23.2 Å². The molecule has 0 aliphatic carbocycles. The predicted octanol–water partition coefficient (Wildman–Crippen LogP) is 3.87. The second-order valence-corrected chi connectivity index (χ2v) is 9.07. The van der Waals surface area contributed by atoms with Crippen LogP contribution in [0.25, 0.3) is 0 Å². The molecule has 0 bridgehead atoms. The van der Waals surface area contributed by atoms with Gasteiger partial charge in [-0.3, -0.25) is 9.10 Å². The Bertz CT molecular complexity index is 1110. The molecule has 8 nitrogen and oxygen atoms in total. The molecule has 0 unspecified atom stereocenters. The zero-order chi connectivity index (χ0) is 23.7. The lowest BCUT2D eigenvalue weighted by molar-refractivity contribution is -0.119. The number of hydrogen-bond acceptors (Lipinski definition) is 6. The van der Waals surface area contributed by atoms with E-state index in [1.54, 1.807) is 24.3 Å². The first-order chi connectivity index (χ1) is 15.2. The van der Waals surface area contributed by atoms with Crippen LogP contribution < -0.4 is 19.2 Å². The summed E-state index contributed by atoms with van der Waals surface area (Å²) in [5.41, 5.74) is 3.03. The third-order valence-electron chi connectivity index (χ3n) is 3.91. The van der Waals surface area contributed by atoms with Crippen LogP contribution in [-0.4, -0.2) is 46.6 Å². The fraction of sp³-hybridized carbons (Fsp3) is 0.238. The average molecular weight is 500 g/mol. The van der Waals surface area contributed by atoms with Gasteiger partial charge in [-0.15, -0.1) is 0 Å². The Labute approximate surface area is 197 Å². The number of halogens is 2. The van der Waals surface area contributed by atoms with Gasteiger partial charge in [-0.25, -0.2) is 13.8 Å². The van der Waals surface area contributed by atoms with Crippen molar-refractivity contribution in [3.05, 3.63) is 64.7 Å². The van der Waals surface area contributed by atoms with Gasteiger partial charge in [0.1, 0.15) is 13.2 Å². The van der Waals surface area contributed by atoms with Crippen LogP contribution in [0, 0.1) is 0 Å². The number of hydrogen-bond donors (Lipinski definition) is 1. The highest BCUT2D eigenvalue weighted by molar-refractivity contribution is 7.92. The van der Waals surface area contributed by atoms with Crippen molar-refractivity contribution in [2.24, 2.45) is 5.10 Å². The van der Waals surface area contributed by atoms with Crippen LogP contribution in [0.5, 0.6) is 11.5 Å². The molecule has 0 aliphatic heterocycles. The highest BCUT2D eigenvalue weighted by Gasteiger charge is 2.23. The van der Waals surface area contributed by atoms with Crippen molar-refractivity contribution in [1.29, 1.82) is 0 Å². The van der Waals surface area contributed by atoms with Crippen LogP contribution in [-0.2, 0) is 14.8 Å². The number of amides is 1.